The zero-order chi connectivity index (χ0) is 10.7. The summed E-state index contributed by atoms with van der Waals surface area (Å²) in [6.45, 7) is 3.66. The Labute approximate surface area is 87.7 Å². The molecule has 2 nitrogen and oxygen atoms in total. The third-order valence-electron chi connectivity index (χ3n) is 2.34. The van der Waals surface area contributed by atoms with Gasteiger partial charge in [-0.1, -0.05) is 18.5 Å². The third kappa shape index (κ3) is 2.04. The largest absolute Gasteiger partial charge is 0.396 e. The first-order chi connectivity index (χ1) is 6.61. The number of rotatable bonds is 3. The molecule has 1 atom stereocenters. The van der Waals surface area contributed by atoms with Crippen molar-refractivity contribution in [2.75, 3.05) is 6.61 Å². The van der Waals surface area contributed by atoms with E-state index in [0.717, 1.165) is 12.6 Å². The normalized spacial score (nSPS) is 12.9. The van der Waals surface area contributed by atoms with Crippen LogP contribution in [-0.4, -0.2) is 16.7 Å². The molecular formula is C10H13ClFNO. The average Bonchev–Trinajstić information content (AvgIpc) is 2.19. The molecule has 1 N–H and O–H groups in total. The van der Waals surface area contributed by atoms with Crippen LogP contribution in [0.2, 0.25) is 5.02 Å². The number of aromatic nitrogens is 1. The molecule has 0 saturated carbocycles. The Hall–Kier alpha value is -0.670. The van der Waals surface area contributed by atoms with Crippen LogP contribution in [0.5, 0.6) is 0 Å². The summed E-state index contributed by atoms with van der Waals surface area (Å²) in [6, 6.07) is 0. The van der Waals surface area contributed by atoms with Crippen LogP contribution in [0.25, 0.3) is 0 Å². The molecule has 0 aromatic carbocycles. The van der Waals surface area contributed by atoms with E-state index in [2.05, 4.69) is 4.98 Å². The van der Waals surface area contributed by atoms with Gasteiger partial charge < -0.3 is 5.11 Å². The SMILES string of the molecule is CCC(CO)c1ncc(F)c(Cl)c1C. The Kier molecular flexibility index (Phi) is 3.84. The second-order valence-electron chi connectivity index (χ2n) is 3.22. The van der Waals surface area contributed by atoms with Crippen LogP contribution in [0, 0.1) is 12.7 Å². The summed E-state index contributed by atoms with van der Waals surface area (Å²) in [5.41, 5.74) is 1.30. The molecule has 0 aliphatic heterocycles. The van der Waals surface area contributed by atoms with Crippen LogP contribution in [0.4, 0.5) is 4.39 Å². The van der Waals surface area contributed by atoms with Gasteiger partial charge in [0.25, 0.3) is 0 Å². The summed E-state index contributed by atoms with van der Waals surface area (Å²) in [5, 5.41) is 9.19. The quantitative estimate of drug-likeness (QED) is 0.845. The number of aliphatic hydroxyl groups is 1. The first-order valence-electron chi connectivity index (χ1n) is 4.53. The summed E-state index contributed by atoms with van der Waals surface area (Å²) < 4.78 is 13.0. The Morgan fingerprint density at radius 2 is 2.29 bits per heavy atom. The minimum absolute atomic E-state index is 0.00625. The third-order valence-corrected chi connectivity index (χ3v) is 2.80. The van der Waals surface area contributed by atoms with E-state index >= 15 is 0 Å². The fraction of sp³-hybridized carbons (Fsp3) is 0.500. The Bertz CT molecular complexity index is 326. The van der Waals surface area contributed by atoms with Gasteiger partial charge in [0.05, 0.1) is 23.5 Å². The monoisotopic (exact) mass is 217 g/mol. The van der Waals surface area contributed by atoms with Gasteiger partial charge in [-0.2, -0.15) is 0 Å². The number of nitrogens with zero attached hydrogens (tertiary/aromatic N) is 1. The lowest BCUT2D eigenvalue weighted by Gasteiger charge is -2.14. The van der Waals surface area contributed by atoms with E-state index in [0.29, 0.717) is 11.3 Å². The van der Waals surface area contributed by atoms with Crippen LogP contribution in [-0.2, 0) is 0 Å². The lowest BCUT2D eigenvalue weighted by Crippen LogP contribution is -2.08. The number of pyridine rings is 1. The van der Waals surface area contributed by atoms with E-state index in [9.17, 15) is 4.39 Å². The predicted molar refractivity (Wildman–Crippen MR) is 54.1 cm³/mol. The number of hydrogen-bond donors (Lipinski definition) is 1. The van der Waals surface area contributed by atoms with Crippen molar-refractivity contribution in [2.45, 2.75) is 26.2 Å². The molecule has 1 rings (SSSR count). The Morgan fingerprint density at radius 3 is 2.79 bits per heavy atom. The smallest absolute Gasteiger partial charge is 0.160 e. The van der Waals surface area contributed by atoms with Crippen LogP contribution < -0.4 is 0 Å². The first-order valence-corrected chi connectivity index (χ1v) is 4.90. The summed E-state index contributed by atoms with van der Waals surface area (Å²) in [5.74, 6) is -0.575. The molecule has 4 heteroatoms. The van der Waals surface area contributed by atoms with Gasteiger partial charge in [-0.3, -0.25) is 4.98 Å². The van der Waals surface area contributed by atoms with Crippen LogP contribution in [0.1, 0.15) is 30.5 Å². The Balaban J connectivity index is 3.16. The molecule has 0 amide bonds. The van der Waals surface area contributed by atoms with Crippen molar-refractivity contribution in [1.82, 2.24) is 4.98 Å². The first kappa shape index (κ1) is 11.4. The lowest BCUT2D eigenvalue weighted by molar-refractivity contribution is 0.259. The van der Waals surface area contributed by atoms with Crippen molar-refractivity contribution in [2.24, 2.45) is 0 Å². The molecule has 0 fully saturated rings. The highest BCUT2D eigenvalue weighted by molar-refractivity contribution is 6.31. The zero-order valence-corrected chi connectivity index (χ0v) is 8.98. The zero-order valence-electron chi connectivity index (χ0n) is 8.22. The molecule has 1 aromatic heterocycles. The van der Waals surface area contributed by atoms with E-state index in [1.807, 2.05) is 6.92 Å². The fourth-order valence-electron chi connectivity index (χ4n) is 1.39. The highest BCUT2D eigenvalue weighted by atomic mass is 35.5. The number of aliphatic hydroxyl groups excluding tert-OH is 1. The van der Waals surface area contributed by atoms with E-state index in [1.165, 1.54) is 0 Å². The van der Waals surface area contributed by atoms with Crippen LogP contribution in [0.3, 0.4) is 0 Å². The van der Waals surface area contributed by atoms with E-state index in [4.69, 9.17) is 16.7 Å². The summed E-state index contributed by atoms with van der Waals surface area (Å²) in [4.78, 5) is 3.96. The van der Waals surface area contributed by atoms with Gasteiger partial charge in [-0.25, -0.2) is 4.39 Å². The van der Waals surface area contributed by atoms with E-state index in [1.54, 1.807) is 6.92 Å². The van der Waals surface area contributed by atoms with Gasteiger partial charge in [0.2, 0.25) is 0 Å². The van der Waals surface area contributed by atoms with Gasteiger partial charge in [-0.15, -0.1) is 0 Å². The van der Waals surface area contributed by atoms with Crippen LogP contribution in [0.15, 0.2) is 6.20 Å². The lowest BCUT2D eigenvalue weighted by atomic mass is 9.99. The van der Waals surface area contributed by atoms with Crippen molar-refractivity contribution in [3.05, 3.63) is 28.3 Å². The van der Waals surface area contributed by atoms with Gasteiger partial charge in [0, 0.05) is 5.92 Å². The van der Waals surface area contributed by atoms with Crippen molar-refractivity contribution in [1.29, 1.82) is 0 Å². The van der Waals surface area contributed by atoms with Crippen molar-refractivity contribution in [3.63, 3.8) is 0 Å². The molecule has 1 aromatic rings. The van der Waals surface area contributed by atoms with E-state index in [-0.39, 0.29) is 17.5 Å². The van der Waals surface area contributed by atoms with Gasteiger partial charge in [0.15, 0.2) is 5.82 Å². The van der Waals surface area contributed by atoms with E-state index < -0.39 is 5.82 Å². The van der Waals surface area contributed by atoms with Crippen molar-refractivity contribution >= 4 is 11.6 Å². The second-order valence-corrected chi connectivity index (χ2v) is 3.60. The molecule has 1 heterocycles. The van der Waals surface area contributed by atoms with Crippen molar-refractivity contribution < 1.29 is 9.50 Å². The number of hydrogen-bond acceptors (Lipinski definition) is 2. The minimum atomic E-state index is -0.513. The van der Waals surface area contributed by atoms with Crippen molar-refractivity contribution in [3.8, 4) is 0 Å². The molecule has 1 unspecified atom stereocenters. The highest BCUT2D eigenvalue weighted by Crippen LogP contribution is 2.27. The predicted octanol–water partition coefficient (Wildman–Crippen LogP) is 2.67. The summed E-state index contributed by atoms with van der Waals surface area (Å²) in [6.07, 6.45) is 1.86. The Morgan fingerprint density at radius 1 is 1.64 bits per heavy atom. The molecule has 0 aliphatic rings. The van der Waals surface area contributed by atoms with Gasteiger partial charge in [-0.05, 0) is 18.9 Å². The average molecular weight is 218 g/mol. The maximum atomic E-state index is 13.0. The molecule has 78 valence electrons. The summed E-state index contributed by atoms with van der Waals surface area (Å²) in [7, 11) is 0. The minimum Gasteiger partial charge on any atom is -0.396 e. The molecule has 0 spiro atoms. The molecule has 0 radical (unpaired) electrons. The second kappa shape index (κ2) is 4.71. The van der Waals surface area contributed by atoms with Gasteiger partial charge in [0.1, 0.15) is 0 Å². The van der Waals surface area contributed by atoms with Crippen LogP contribution >= 0.6 is 11.6 Å². The standard InChI is InChI=1S/C10H13ClFNO/c1-3-7(5-14)10-6(2)9(11)8(12)4-13-10/h4,7,14H,3,5H2,1-2H3. The van der Waals surface area contributed by atoms with Gasteiger partial charge >= 0.3 is 0 Å². The highest BCUT2D eigenvalue weighted by Gasteiger charge is 2.16. The number of halogens is 2. The maximum absolute atomic E-state index is 13.0. The topological polar surface area (TPSA) is 33.1 Å². The molecular weight excluding hydrogens is 205 g/mol. The molecule has 14 heavy (non-hydrogen) atoms. The maximum Gasteiger partial charge on any atom is 0.160 e. The molecule has 0 bridgehead atoms. The fourth-order valence-corrected chi connectivity index (χ4v) is 1.54. The molecule has 0 aliphatic carbocycles. The molecule has 0 saturated heterocycles. The summed E-state index contributed by atoms with van der Waals surface area (Å²) >= 11 is 5.74.